The molecule has 1 fully saturated rings. The van der Waals surface area contributed by atoms with Gasteiger partial charge in [0.1, 0.15) is 16.9 Å². The van der Waals surface area contributed by atoms with E-state index in [2.05, 4.69) is 15.9 Å². The van der Waals surface area contributed by atoms with E-state index in [1.807, 2.05) is 0 Å². The van der Waals surface area contributed by atoms with Gasteiger partial charge in [-0.3, -0.25) is 9.59 Å². The summed E-state index contributed by atoms with van der Waals surface area (Å²) in [4.78, 5) is 22.2. The van der Waals surface area contributed by atoms with Gasteiger partial charge in [-0.15, -0.1) is 0 Å². The number of hydrogen-bond donors (Lipinski definition) is 2. The second kappa shape index (κ2) is 3.59. The number of ketones is 1. The second-order valence-corrected chi connectivity index (χ2v) is 4.80. The Balaban J connectivity index is 2.45. The number of phenolic OH excluding ortho intramolecular Hbond substituents is 1. The summed E-state index contributed by atoms with van der Waals surface area (Å²) in [6.07, 6.45) is 0.0547. The Hall–Kier alpha value is -1.36. The molecule has 0 atom stereocenters. The predicted molar refractivity (Wildman–Crippen MR) is 59.4 cm³/mol. The molecule has 4 nitrogen and oxygen atoms in total. The van der Waals surface area contributed by atoms with Crippen molar-refractivity contribution in [3.8, 4) is 5.75 Å². The third-order valence-electron chi connectivity index (χ3n) is 2.91. The van der Waals surface area contributed by atoms with Crippen LogP contribution in [-0.2, 0) is 15.0 Å². The molecule has 0 amide bonds. The van der Waals surface area contributed by atoms with Crippen LogP contribution in [0.1, 0.15) is 18.4 Å². The van der Waals surface area contributed by atoms with Crippen molar-refractivity contribution in [1.82, 2.24) is 0 Å². The van der Waals surface area contributed by atoms with Crippen molar-refractivity contribution in [3.63, 3.8) is 0 Å². The number of hydrogen-bond acceptors (Lipinski definition) is 3. The van der Waals surface area contributed by atoms with Crippen molar-refractivity contribution in [3.05, 3.63) is 28.2 Å². The second-order valence-electron chi connectivity index (χ2n) is 3.95. The molecule has 2 N–H and O–H groups in total. The minimum Gasteiger partial charge on any atom is -0.507 e. The Bertz CT molecular complexity index is 473. The molecule has 5 heteroatoms. The highest BCUT2D eigenvalue weighted by atomic mass is 79.9. The first-order chi connectivity index (χ1) is 7.45. The molecule has 2 rings (SSSR count). The molecular formula is C11H9BrO4. The third kappa shape index (κ3) is 1.51. The summed E-state index contributed by atoms with van der Waals surface area (Å²) >= 11 is 3.13. The fourth-order valence-corrected chi connectivity index (χ4v) is 2.28. The van der Waals surface area contributed by atoms with E-state index in [1.165, 1.54) is 6.07 Å². The van der Waals surface area contributed by atoms with Gasteiger partial charge in [0, 0.05) is 12.8 Å². The molecule has 0 radical (unpaired) electrons. The standard InChI is InChI=1S/C11H9BrO4/c12-8-3-6(1-2-9(8)14)11(10(15)16)4-7(13)5-11/h1-3,14H,4-5H2,(H,15,16). The summed E-state index contributed by atoms with van der Waals surface area (Å²) in [7, 11) is 0. The van der Waals surface area contributed by atoms with E-state index in [-0.39, 0.29) is 24.4 Å². The molecule has 1 aromatic rings. The van der Waals surface area contributed by atoms with Crippen LogP contribution in [0.3, 0.4) is 0 Å². The average Bonchev–Trinajstić information content (AvgIpc) is 2.17. The minimum absolute atomic E-state index is 0.0273. The van der Waals surface area contributed by atoms with Crippen molar-refractivity contribution >= 4 is 27.7 Å². The summed E-state index contributed by atoms with van der Waals surface area (Å²) in [5.74, 6) is -0.994. The van der Waals surface area contributed by atoms with Crippen LogP contribution in [0.2, 0.25) is 0 Å². The van der Waals surface area contributed by atoms with Gasteiger partial charge in [-0.05, 0) is 33.6 Å². The largest absolute Gasteiger partial charge is 0.507 e. The van der Waals surface area contributed by atoms with Crippen LogP contribution in [0.4, 0.5) is 0 Å². The molecule has 0 spiro atoms. The minimum atomic E-state index is -1.10. The lowest BCUT2D eigenvalue weighted by Gasteiger charge is -2.36. The zero-order valence-electron chi connectivity index (χ0n) is 8.24. The van der Waals surface area contributed by atoms with Gasteiger partial charge in [0.15, 0.2) is 0 Å². The third-order valence-corrected chi connectivity index (χ3v) is 3.54. The molecule has 1 aliphatic rings. The van der Waals surface area contributed by atoms with Gasteiger partial charge >= 0.3 is 5.97 Å². The summed E-state index contributed by atoms with van der Waals surface area (Å²) < 4.78 is 0.435. The Morgan fingerprint density at radius 3 is 2.44 bits per heavy atom. The van der Waals surface area contributed by atoms with E-state index in [4.69, 9.17) is 0 Å². The number of carboxylic acid groups (broad SMARTS) is 1. The Labute approximate surface area is 100 Å². The van der Waals surface area contributed by atoms with Crippen molar-refractivity contribution in [1.29, 1.82) is 0 Å². The molecule has 0 saturated heterocycles. The van der Waals surface area contributed by atoms with Gasteiger partial charge < -0.3 is 10.2 Å². The van der Waals surface area contributed by atoms with Crippen LogP contribution in [0.15, 0.2) is 22.7 Å². The SMILES string of the molecule is O=C1CC(C(=O)O)(c2ccc(O)c(Br)c2)C1. The van der Waals surface area contributed by atoms with Crippen LogP contribution in [-0.4, -0.2) is 22.0 Å². The van der Waals surface area contributed by atoms with Gasteiger partial charge in [-0.1, -0.05) is 6.07 Å². The van der Waals surface area contributed by atoms with E-state index in [9.17, 15) is 19.8 Å². The number of carbonyl (C=O) groups is 2. The maximum atomic E-state index is 11.2. The zero-order valence-corrected chi connectivity index (χ0v) is 9.82. The number of Topliss-reactive ketones (excluding diaryl/α,β-unsaturated/α-hetero) is 1. The van der Waals surface area contributed by atoms with E-state index < -0.39 is 11.4 Å². The maximum Gasteiger partial charge on any atom is 0.315 e. The smallest absolute Gasteiger partial charge is 0.315 e. The first kappa shape index (κ1) is 11.1. The van der Waals surface area contributed by atoms with Crippen molar-refractivity contribution < 1.29 is 19.8 Å². The van der Waals surface area contributed by atoms with Gasteiger partial charge in [0.25, 0.3) is 0 Å². The number of aliphatic carboxylic acids is 1. The molecule has 16 heavy (non-hydrogen) atoms. The Kier molecular flexibility index (Phi) is 2.50. The lowest BCUT2D eigenvalue weighted by molar-refractivity contribution is -0.153. The monoisotopic (exact) mass is 284 g/mol. The molecule has 84 valence electrons. The van der Waals surface area contributed by atoms with Crippen LogP contribution in [0.25, 0.3) is 0 Å². The lowest BCUT2D eigenvalue weighted by atomic mass is 9.63. The van der Waals surface area contributed by atoms with Crippen LogP contribution in [0.5, 0.6) is 5.75 Å². The Morgan fingerprint density at radius 1 is 1.38 bits per heavy atom. The highest BCUT2D eigenvalue weighted by Gasteiger charge is 2.51. The van der Waals surface area contributed by atoms with E-state index in [0.717, 1.165) is 0 Å². The van der Waals surface area contributed by atoms with Gasteiger partial charge in [-0.2, -0.15) is 0 Å². The number of aromatic hydroxyl groups is 1. The zero-order chi connectivity index (χ0) is 11.9. The normalized spacial score (nSPS) is 17.9. The molecule has 0 unspecified atom stereocenters. The van der Waals surface area contributed by atoms with Gasteiger partial charge in [0.2, 0.25) is 0 Å². The van der Waals surface area contributed by atoms with E-state index >= 15 is 0 Å². The van der Waals surface area contributed by atoms with Crippen LogP contribution >= 0.6 is 15.9 Å². The predicted octanol–water partition coefficient (Wildman–Crippen LogP) is 1.84. The highest BCUT2D eigenvalue weighted by Crippen LogP contribution is 2.43. The highest BCUT2D eigenvalue weighted by molar-refractivity contribution is 9.10. The lowest BCUT2D eigenvalue weighted by Crippen LogP contribution is -2.48. The molecule has 1 aliphatic carbocycles. The number of benzene rings is 1. The van der Waals surface area contributed by atoms with Crippen molar-refractivity contribution in [2.24, 2.45) is 0 Å². The number of carbonyl (C=O) groups excluding carboxylic acids is 1. The van der Waals surface area contributed by atoms with E-state index in [0.29, 0.717) is 10.0 Å². The number of carboxylic acids is 1. The van der Waals surface area contributed by atoms with Crippen LogP contribution < -0.4 is 0 Å². The number of rotatable bonds is 2. The fraction of sp³-hybridized carbons (Fsp3) is 0.273. The first-order valence-corrected chi connectivity index (χ1v) is 5.49. The topological polar surface area (TPSA) is 74.6 Å². The molecule has 1 saturated carbocycles. The maximum absolute atomic E-state index is 11.2. The summed E-state index contributed by atoms with van der Waals surface area (Å²) in [5, 5.41) is 18.5. The molecular weight excluding hydrogens is 276 g/mol. The summed E-state index contributed by atoms with van der Waals surface area (Å²) in [6.45, 7) is 0. The molecule has 0 aliphatic heterocycles. The Morgan fingerprint density at radius 2 is 2.00 bits per heavy atom. The average molecular weight is 285 g/mol. The number of halogens is 1. The quantitative estimate of drug-likeness (QED) is 0.869. The fourth-order valence-electron chi connectivity index (χ4n) is 1.90. The van der Waals surface area contributed by atoms with Crippen LogP contribution in [0, 0.1) is 0 Å². The number of phenols is 1. The van der Waals surface area contributed by atoms with Gasteiger partial charge in [-0.25, -0.2) is 0 Å². The first-order valence-electron chi connectivity index (χ1n) is 4.70. The van der Waals surface area contributed by atoms with Crippen molar-refractivity contribution in [2.45, 2.75) is 18.3 Å². The molecule has 1 aromatic carbocycles. The molecule has 0 bridgehead atoms. The molecule has 0 heterocycles. The van der Waals surface area contributed by atoms with E-state index in [1.54, 1.807) is 12.1 Å². The summed E-state index contributed by atoms with van der Waals surface area (Å²) in [6, 6.07) is 4.52. The molecule has 0 aromatic heterocycles. The summed E-state index contributed by atoms with van der Waals surface area (Å²) in [5.41, 5.74) is -0.558. The van der Waals surface area contributed by atoms with Gasteiger partial charge in [0.05, 0.1) is 4.47 Å². The van der Waals surface area contributed by atoms with Crippen molar-refractivity contribution in [2.75, 3.05) is 0 Å².